The molecule has 2 aromatic rings. The minimum absolute atomic E-state index is 0.198. The number of hydrogen-bond acceptors (Lipinski definition) is 5. The fourth-order valence-electron chi connectivity index (χ4n) is 2.21. The van der Waals surface area contributed by atoms with E-state index in [1.165, 1.54) is 11.8 Å². The summed E-state index contributed by atoms with van der Waals surface area (Å²) in [6, 6.07) is 12.6. The topological polar surface area (TPSA) is 59.9 Å². The van der Waals surface area contributed by atoms with Crippen LogP contribution in [-0.4, -0.2) is 25.3 Å². The van der Waals surface area contributed by atoms with Crippen LogP contribution in [0.4, 0.5) is 5.69 Å². The van der Waals surface area contributed by atoms with E-state index in [1.54, 1.807) is 50.6 Å². The van der Waals surface area contributed by atoms with Crippen LogP contribution < -0.4 is 14.8 Å². The second-order valence-corrected chi connectivity index (χ2v) is 6.54. The largest absolute Gasteiger partial charge is 0.497 e. The molecule has 1 fully saturated rings. The maximum Gasteiger partial charge on any atom is 0.264 e. The second kappa shape index (κ2) is 7.63. The van der Waals surface area contributed by atoms with E-state index < -0.39 is 0 Å². The molecular weight excluding hydrogens is 360 g/mol. The fraction of sp³-hybridized carbons (Fsp3) is 0.111. The lowest BCUT2D eigenvalue weighted by Crippen LogP contribution is -2.19. The van der Waals surface area contributed by atoms with Crippen molar-refractivity contribution in [1.82, 2.24) is 5.32 Å². The van der Waals surface area contributed by atoms with Crippen molar-refractivity contribution in [2.24, 2.45) is 4.99 Å². The Bertz CT molecular complexity index is 880. The van der Waals surface area contributed by atoms with Crippen molar-refractivity contribution in [3.05, 3.63) is 58.0 Å². The average molecular weight is 375 g/mol. The lowest BCUT2D eigenvalue weighted by Gasteiger charge is -2.07. The van der Waals surface area contributed by atoms with Gasteiger partial charge in [0.1, 0.15) is 17.2 Å². The maximum atomic E-state index is 12.2. The molecule has 5 nitrogen and oxygen atoms in total. The number of hydrogen-bond donors (Lipinski definition) is 1. The molecule has 1 aliphatic heterocycles. The van der Waals surface area contributed by atoms with E-state index in [4.69, 9.17) is 21.1 Å². The molecule has 1 aliphatic rings. The Labute approximate surface area is 154 Å². The van der Waals surface area contributed by atoms with Crippen molar-refractivity contribution in [3.63, 3.8) is 0 Å². The van der Waals surface area contributed by atoms with Gasteiger partial charge in [-0.25, -0.2) is 4.99 Å². The van der Waals surface area contributed by atoms with E-state index in [9.17, 15) is 4.79 Å². The van der Waals surface area contributed by atoms with Gasteiger partial charge in [0.25, 0.3) is 5.91 Å². The molecule has 0 aliphatic carbocycles. The first-order valence-electron chi connectivity index (χ1n) is 7.36. The lowest BCUT2D eigenvalue weighted by molar-refractivity contribution is -0.115. The van der Waals surface area contributed by atoms with Gasteiger partial charge in [-0.05, 0) is 47.7 Å². The second-order valence-electron chi connectivity index (χ2n) is 5.07. The monoisotopic (exact) mass is 374 g/mol. The van der Waals surface area contributed by atoms with E-state index in [0.29, 0.717) is 32.3 Å². The van der Waals surface area contributed by atoms with Crippen LogP contribution in [0.25, 0.3) is 6.08 Å². The number of rotatable bonds is 4. The normalized spacial score (nSPS) is 17.0. The first kappa shape index (κ1) is 17.4. The summed E-state index contributed by atoms with van der Waals surface area (Å²) in [5.74, 6) is 1.04. The van der Waals surface area contributed by atoms with E-state index >= 15 is 0 Å². The fourth-order valence-corrected chi connectivity index (χ4v) is 3.25. The van der Waals surface area contributed by atoms with Crippen LogP contribution in [0.5, 0.6) is 11.5 Å². The molecule has 0 aromatic heterocycles. The summed E-state index contributed by atoms with van der Waals surface area (Å²) in [5.41, 5.74) is 1.46. The van der Waals surface area contributed by atoms with Crippen LogP contribution in [-0.2, 0) is 4.79 Å². The Hall–Kier alpha value is -2.44. The Kier molecular flexibility index (Phi) is 5.31. The quantitative estimate of drug-likeness (QED) is 0.813. The third-order valence-corrected chi connectivity index (χ3v) is 4.55. The van der Waals surface area contributed by atoms with Crippen molar-refractivity contribution >= 4 is 46.2 Å². The third kappa shape index (κ3) is 4.15. The summed E-state index contributed by atoms with van der Waals surface area (Å²) in [5, 5.41) is 3.86. The molecule has 0 unspecified atom stereocenters. The number of aliphatic imine (C=N–C) groups is 1. The molecule has 1 amide bonds. The zero-order valence-corrected chi connectivity index (χ0v) is 15.1. The van der Waals surface area contributed by atoms with Gasteiger partial charge in [0.15, 0.2) is 5.17 Å². The maximum absolute atomic E-state index is 12.2. The highest BCUT2D eigenvalue weighted by molar-refractivity contribution is 8.18. The summed E-state index contributed by atoms with van der Waals surface area (Å²) in [6.07, 6.45) is 1.78. The Morgan fingerprint density at radius 3 is 2.72 bits per heavy atom. The van der Waals surface area contributed by atoms with Crippen LogP contribution in [0.1, 0.15) is 5.56 Å². The number of halogens is 1. The van der Waals surface area contributed by atoms with E-state index in [0.717, 1.165) is 5.56 Å². The highest BCUT2D eigenvalue weighted by Crippen LogP contribution is 2.34. The molecule has 0 bridgehead atoms. The number of nitrogens with one attached hydrogen (secondary N) is 1. The van der Waals surface area contributed by atoms with Crippen molar-refractivity contribution in [3.8, 4) is 11.5 Å². The first-order valence-corrected chi connectivity index (χ1v) is 8.55. The Morgan fingerprint density at radius 1 is 1.16 bits per heavy atom. The van der Waals surface area contributed by atoms with Crippen molar-refractivity contribution in [2.75, 3.05) is 14.2 Å². The summed E-state index contributed by atoms with van der Waals surface area (Å²) in [7, 11) is 3.14. The van der Waals surface area contributed by atoms with Crippen LogP contribution in [0.2, 0.25) is 5.02 Å². The summed E-state index contributed by atoms with van der Waals surface area (Å²) >= 11 is 7.24. The molecule has 0 saturated carbocycles. The number of ether oxygens (including phenoxy) is 2. The summed E-state index contributed by atoms with van der Waals surface area (Å²) in [6.45, 7) is 0. The number of methoxy groups -OCH3 is 2. The van der Waals surface area contributed by atoms with Gasteiger partial charge in [-0.2, -0.15) is 0 Å². The molecule has 0 atom stereocenters. The highest BCUT2D eigenvalue weighted by atomic mass is 35.5. The van der Waals surface area contributed by atoms with Gasteiger partial charge in [-0.3, -0.25) is 4.79 Å². The summed E-state index contributed by atoms with van der Waals surface area (Å²) in [4.78, 5) is 17.2. The van der Waals surface area contributed by atoms with E-state index in [1.807, 2.05) is 12.1 Å². The standard InChI is InChI=1S/C18H15ClN2O3S/c1-23-13-6-7-14(15(10-13)24-2)20-18-21-17(22)16(25-18)9-11-4-3-5-12(19)8-11/h3-10H,1-2H3,(H,20,21,22)/b16-9-. The number of carbonyl (C=O) groups is 1. The highest BCUT2D eigenvalue weighted by Gasteiger charge is 2.24. The minimum atomic E-state index is -0.198. The molecule has 1 heterocycles. The predicted molar refractivity (Wildman–Crippen MR) is 102 cm³/mol. The molecule has 1 N–H and O–H groups in total. The van der Waals surface area contributed by atoms with Gasteiger partial charge in [0, 0.05) is 11.1 Å². The zero-order valence-electron chi connectivity index (χ0n) is 13.6. The van der Waals surface area contributed by atoms with Gasteiger partial charge in [0.2, 0.25) is 0 Å². The van der Waals surface area contributed by atoms with Crippen LogP contribution >= 0.6 is 23.4 Å². The number of amides is 1. The Balaban J connectivity index is 1.86. The van der Waals surface area contributed by atoms with Crippen LogP contribution in [0, 0.1) is 0 Å². The number of amidine groups is 1. The first-order chi connectivity index (χ1) is 12.1. The smallest absolute Gasteiger partial charge is 0.264 e. The molecule has 1 saturated heterocycles. The predicted octanol–water partition coefficient (Wildman–Crippen LogP) is 4.25. The number of benzene rings is 2. The SMILES string of the molecule is COc1ccc(N=C2NC(=O)/C(=C/c3cccc(Cl)c3)S2)c(OC)c1. The van der Waals surface area contributed by atoms with Crippen LogP contribution in [0.3, 0.4) is 0 Å². The molecule has 2 aromatic carbocycles. The zero-order chi connectivity index (χ0) is 17.8. The van der Waals surface area contributed by atoms with Gasteiger partial charge in [-0.1, -0.05) is 23.7 Å². The average Bonchev–Trinajstić information content (AvgIpc) is 2.94. The Morgan fingerprint density at radius 2 is 2.00 bits per heavy atom. The third-order valence-electron chi connectivity index (χ3n) is 3.41. The van der Waals surface area contributed by atoms with E-state index in [2.05, 4.69) is 10.3 Å². The molecule has 0 spiro atoms. The molecular formula is C18H15ClN2O3S. The molecule has 128 valence electrons. The van der Waals surface area contributed by atoms with Gasteiger partial charge >= 0.3 is 0 Å². The van der Waals surface area contributed by atoms with Crippen molar-refractivity contribution < 1.29 is 14.3 Å². The molecule has 25 heavy (non-hydrogen) atoms. The number of carbonyl (C=O) groups excluding carboxylic acids is 1. The van der Waals surface area contributed by atoms with Gasteiger partial charge in [-0.15, -0.1) is 0 Å². The summed E-state index contributed by atoms with van der Waals surface area (Å²) < 4.78 is 10.5. The number of thioether (sulfide) groups is 1. The lowest BCUT2D eigenvalue weighted by atomic mass is 10.2. The molecule has 7 heteroatoms. The van der Waals surface area contributed by atoms with Gasteiger partial charge < -0.3 is 14.8 Å². The van der Waals surface area contributed by atoms with Gasteiger partial charge in [0.05, 0.1) is 19.1 Å². The minimum Gasteiger partial charge on any atom is -0.497 e. The van der Waals surface area contributed by atoms with E-state index in [-0.39, 0.29) is 5.91 Å². The number of nitrogens with zero attached hydrogens (tertiary/aromatic N) is 1. The van der Waals surface area contributed by atoms with Crippen LogP contribution in [0.15, 0.2) is 52.4 Å². The molecule has 0 radical (unpaired) electrons. The molecule has 3 rings (SSSR count). The van der Waals surface area contributed by atoms with Crippen molar-refractivity contribution in [1.29, 1.82) is 0 Å². The van der Waals surface area contributed by atoms with Crippen molar-refractivity contribution in [2.45, 2.75) is 0 Å².